The highest BCUT2D eigenvalue weighted by Crippen LogP contribution is 2.29. The number of halogens is 3. The predicted octanol–water partition coefficient (Wildman–Crippen LogP) is 3.21. The van der Waals surface area contributed by atoms with E-state index in [4.69, 9.17) is 29.6 Å². The highest BCUT2D eigenvalue weighted by Gasteiger charge is 2.21. The van der Waals surface area contributed by atoms with E-state index >= 15 is 0 Å². The lowest BCUT2D eigenvalue weighted by Crippen LogP contribution is -2.25. The lowest BCUT2D eigenvalue weighted by atomic mass is 10.2. The molecule has 7 heteroatoms. The number of hydrogen-bond donors (Lipinski definition) is 1. The monoisotopic (exact) mass is 323 g/mol. The molecule has 19 heavy (non-hydrogen) atoms. The third-order valence-electron chi connectivity index (χ3n) is 2.33. The molecule has 0 spiro atoms. The van der Waals surface area contributed by atoms with Gasteiger partial charge in [-0.3, -0.25) is 0 Å². The zero-order valence-electron chi connectivity index (χ0n) is 9.92. The number of sulfonamides is 1. The second-order valence-corrected chi connectivity index (χ2v) is 6.25. The molecule has 0 radical (unpaired) electrons. The molecule has 0 bridgehead atoms. The summed E-state index contributed by atoms with van der Waals surface area (Å²) in [6.07, 6.45) is 6.96. The first-order chi connectivity index (χ1) is 8.90. The van der Waals surface area contributed by atoms with Crippen LogP contribution in [0, 0.1) is 18.2 Å². The molecular weight excluding hydrogens is 312 g/mol. The van der Waals surface area contributed by atoms with Crippen LogP contribution in [0.2, 0.25) is 10.0 Å². The number of hydrogen-bond acceptors (Lipinski definition) is 2. The van der Waals surface area contributed by atoms with Crippen LogP contribution in [0.3, 0.4) is 0 Å². The SMILES string of the molecule is C#CCCCCNS(=O)(=O)c1ccc(Cl)c(F)c1Cl. The Bertz CT molecular complexity index is 596. The van der Waals surface area contributed by atoms with Crippen molar-refractivity contribution in [1.29, 1.82) is 0 Å². The number of rotatable bonds is 6. The van der Waals surface area contributed by atoms with Crippen LogP contribution in [0.15, 0.2) is 17.0 Å². The van der Waals surface area contributed by atoms with Gasteiger partial charge in [-0.15, -0.1) is 12.3 Å². The third kappa shape index (κ3) is 4.36. The van der Waals surface area contributed by atoms with Crippen LogP contribution in [0.4, 0.5) is 4.39 Å². The Morgan fingerprint density at radius 2 is 2.00 bits per heavy atom. The maximum atomic E-state index is 13.4. The lowest BCUT2D eigenvalue weighted by molar-refractivity contribution is 0.574. The van der Waals surface area contributed by atoms with Crippen molar-refractivity contribution in [3.63, 3.8) is 0 Å². The minimum Gasteiger partial charge on any atom is -0.211 e. The van der Waals surface area contributed by atoms with Gasteiger partial charge >= 0.3 is 0 Å². The molecule has 0 saturated heterocycles. The zero-order chi connectivity index (χ0) is 14.5. The van der Waals surface area contributed by atoms with Crippen molar-refractivity contribution in [3.8, 4) is 12.3 Å². The summed E-state index contributed by atoms with van der Waals surface area (Å²) in [5.41, 5.74) is 0. The van der Waals surface area contributed by atoms with Gasteiger partial charge < -0.3 is 0 Å². The van der Waals surface area contributed by atoms with Gasteiger partial charge in [0.15, 0.2) is 5.82 Å². The molecule has 1 N–H and O–H groups in total. The van der Waals surface area contributed by atoms with Crippen LogP contribution in [0.25, 0.3) is 0 Å². The van der Waals surface area contributed by atoms with E-state index in [2.05, 4.69) is 10.6 Å². The van der Waals surface area contributed by atoms with E-state index in [1.165, 1.54) is 0 Å². The van der Waals surface area contributed by atoms with Gasteiger partial charge in [-0.05, 0) is 25.0 Å². The maximum absolute atomic E-state index is 13.4. The number of unbranched alkanes of at least 4 members (excludes halogenated alkanes) is 2. The second kappa shape index (κ2) is 7.11. The fraction of sp³-hybridized carbons (Fsp3) is 0.333. The van der Waals surface area contributed by atoms with Gasteiger partial charge in [-0.2, -0.15) is 0 Å². The Hall–Kier alpha value is -0.800. The first-order valence-electron chi connectivity index (χ1n) is 5.46. The molecule has 0 heterocycles. The Balaban J connectivity index is 2.79. The molecule has 0 saturated carbocycles. The van der Waals surface area contributed by atoms with E-state index in [1.807, 2.05) is 0 Å². The van der Waals surface area contributed by atoms with E-state index < -0.39 is 20.9 Å². The Kier molecular flexibility index (Phi) is 6.08. The van der Waals surface area contributed by atoms with E-state index in [9.17, 15) is 12.8 Å². The summed E-state index contributed by atoms with van der Waals surface area (Å²) in [4.78, 5) is -0.326. The largest absolute Gasteiger partial charge is 0.242 e. The molecule has 0 aromatic heterocycles. The van der Waals surface area contributed by atoms with Crippen LogP contribution in [0.5, 0.6) is 0 Å². The average molecular weight is 324 g/mol. The summed E-state index contributed by atoms with van der Waals surface area (Å²) in [5, 5.41) is -0.735. The topological polar surface area (TPSA) is 46.2 Å². The molecule has 0 unspecified atom stereocenters. The first-order valence-corrected chi connectivity index (χ1v) is 7.70. The second-order valence-electron chi connectivity index (χ2n) is 3.73. The van der Waals surface area contributed by atoms with Crippen LogP contribution in [-0.4, -0.2) is 15.0 Å². The normalized spacial score (nSPS) is 11.3. The molecule has 1 aromatic rings. The highest BCUT2D eigenvalue weighted by molar-refractivity contribution is 7.89. The summed E-state index contributed by atoms with van der Waals surface area (Å²) in [7, 11) is -3.85. The predicted molar refractivity (Wildman–Crippen MR) is 74.3 cm³/mol. The fourth-order valence-electron chi connectivity index (χ4n) is 1.35. The van der Waals surface area contributed by atoms with Gasteiger partial charge in [-0.25, -0.2) is 17.5 Å². The van der Waals surface area contributed by atoms with E-state index in [1.54, 1.807) is 0 Å². The van der Waals surface area contributed by atoms with E-state index in [-0.39, 0.29) is 16.5 Å². The third-order valence-corrected chi connectivity index (χ3v) is 4.61. The zero-order valence-corrected chi connectivity index (χ0v) is 12.2. The van der Waals surface area contributed by atoms with Crippen molar-refractivity contribution in [2.24, 2.45) is 0 Å². The molecule has 0 atom stereocenters. The van der Waals surface area contributed by atoms with E-state index in [0.717, 1.165) is 12.1 Å². The average Bonchev–Trinajstić information content (AvgIpc) is 2.35. The minimum absolute atomic E-state index is 0.213. The summed E-state index contributed by atoms with van der Waals surface area (Å²) in [6, 6.07) is 2.31. The van der Waals surface area contributed by atoms with Crippen molar-refractivity contribution < 1.29 is 12.8 Å². The number of terminal acetylenes is 1. The highest BCUT2D eigenvalue weighted by atomic mass is 35.5. The molecular formula is C12H12Cl2FNO2S. The molecule has 104 valence electrons. The quantitative estimate of drug-likeness (QED) is 0.496. The first kappa shape index (κ1) is 16.3. The molecule has 1 aromatic carbocycles. The van der Waals surface area contributed by atoms with Crippen molar-refractivity contribution in [2.75, 3.05) is 6.54 Å². The van der Waals surface area contributed by atoms with Gasteiger partial charge in [0.05, 0.1) is 10.0 Å². The van der Waals surface area contributed by atoms with Crippen molar-refractivity contribution in [3.05, 3.63) is 28.0 Å². The molecule has 0 amide bonds. The maximum Gasteiger partial charge on any atom is 0.242 e. The van der Waals surface area contributed by atoms with Gasteiger partial charge in [0.2, 0.25) is 10.0 Å². The smallest absolute Gasteiger partial charge is 0.211 e. The van der Waals surface area contributed by atoms with Gasteiger partial charge in [0, 0.05) is 13.0 Å². The molecule has 0 aliphatic carbocycles. The Morgan fingerprint density at radius 3 is 2.63 bits per heavy atom. The fourth-order valence-corrected chi connectivity index (χ4v) is 3.17. The summed E-state index contributed by atoms with van der Waals surface area (Å²) in [6.45, 7) is 0.213. The van der Waals surface area contributed by atoms with Crippen LogP contribution >= 0.6 is 23.2 Å². The molecule has 0 fully saturated rings. The Labute approximate surface area is 122 Å². The van der Waals surface area contributed by atoms with Crippen molar-refractivity contribution in [2.45, 2.75) is 24.2 Å². The molecule has 0 aliphatic rings. The van der Waals surface area contributed by atoms with Crippen molar-refractivity contribution in [1.82, 2.24) is 4.72 Å². The number of nitrogens with one attached hydrogen (secondary N) is 1. The summed E-state index contributed by atoms with van der Waals surface area (Å²) >= 11 is 11.1. The van der Waals surface area contributed by atoms with Crippen LogP contribution in [-0.2, 0) is 10.0 Å². The van der Waals surface area contributed by atoms with Crippen LogP contribution in [0.1, 0.15) is 19.3 Å². The molecule has 1 rings (SSSR count). The van der Waals surface area contributed by atoms with Crippen molar-refractivity contribution >= 4 is 33.2 Å². The van der Waals surface area contributed by atoms with Crippen LogP contribution < -0.4 is 4.72 Å². The lowest BCUT2D eigenvalue weighted by Gasteiger charge is -2.09. The summed E-state index contributed by atoms with van der Waals surface area (Å²) < 4.78 is 39.6. The standard InChI is InChI=1S/C12H12Cl2FNO2S/c1-2-3-4-5-8-16-19(17,18)10-7-6-9(13)12(15)11(10)14/h1,6-7,16H,3-5,8H2. The summed E-state index contributed by atoms with van der Waals surface area (Å²) in [5.74, 6) is 1.51. The molecule has 0 aliphatic heterocycles. The van der Waals surface area contributed by atoms with E-state index in [0.29, 0.717) is 19.3 Å². The van der Waals surface area contributed by atoms with Gasteiger partial charge in [0.1, 0.15) is 4.90 Å². The number of benzene rings is 1. The van der Waals surface area contributed by atoms with Gasteiger partial charge in [0.25, 0.3) is 0 Å². The molecule has 3 nitrogen and oxygen atoms in total. The minimum atomic E-state index is -3.85. The van der Waals surface area contributed by atoms with Gasteiger partial charge in [-0.1, -0.05) is 23.2 Å². The Morgan fingerprint density at radius 1 is 1.32 bits per heavy atom.